The van der Waals surface area contributed by atoms with Crippen molar-refractivity contribution in [1.82, 2.24) is 10.3 Å². The predicted molar refractivity (Wildman–Crippen MR) is 80.6 cm³/mol. The van der Waals surface area contributed by atoms with Crippen molar-refractivity contribution < 1.29 is 9.53 Å². The number of hydrogen-bond acceptors (Lipinski definition) is 5. The minimum Gasteiger partial charge on any atom is -0.399 e. The molecule has 1 aromatic heterocycles. The molecule has 1 heterocycles. The fraction of sp³-hybridized carbons (Fsp3) is 0.286. The first-order chi connectivity index (χ1) is 9.69. The summed E-state index contributed by atoms with van der Waals surface area (Å²) in [6.07, 6.45) is 0.288. The SMILES string of the molecule is COCCNC(=O)Cc1nc(-c2cccc(N)c2)cs1. The summed E-state index contributed by atoms with van der Waals surface area (Å²) in [6, 6.07) is 7.55. The lowest BCUT2D eigenvalue weighted by Gasteiger charge is -2.02. The third-order valence-corrected chi connectivity index (χ3v) is 3.52. The number of methoxy groups -OCH3 is 1. The lowest BCUT2D eigenvalue weighted by molar-refractivity contribution is -0.120. The minimum atomic E-state index is -0.0458. The third-order valence-electron chi connectivity index (χ3n) is 2.67. The largest absolute Gasteiger partial charge is 0.399 e. The number of hydrogen-bond donors (Lipinski definition) is 2. The number of anilines is 1. The fourth-order valence-corrected chi connectivity index (χ4v) is 2.52. The lowest BCUT2D eigenvalue weighted by atomic mass is 10.1. The molecule has 106 valence electrons. The van der Waals surface area contributed by atoms with Crippen LogP contribution in [0.4, 0.5) is 5.69 Å². The Kier molecular flexibility index (Phi) is 5.09. The maximum absolute atomic E-state index is 11.7. The number of nitrogens with two attached hydrogens (primary N) is 1. The van der Waals surface area contributed by atoms with Gasteiger partial charge in [-0.25, -0.2) is 4.98 Å². The lowest BCUT2D eigenvalue weighted by Crippen LogP contribution is -2.28. The first-order valence-electron chi connectivity index (χ1n) is 6.25. The summed E-state index contributed by atoms with van der Waals surface area (Å²) in [5.41, 5.74) is 8.27. The van der Waals surface area contributed by atoms with Crippen molar-refractivity contribution in [1.29, 1.82) is 0 Å². The molecule has 5 nitrogen and oxygen atoms in total. The summed E-state index contributed by atoms with van der Waals surface area (Å²) < 4.78 is 4.88. The van der Waals surface area contributed by atoms with E-state index in [-0.39, 0.29) is 12.3 Å². The number of ether oxygens (including phenoxy) is 1. The van der Waals surface area contributed by atoms with E-state index >= 15 is 0 Å². The van der Waals surface area contributed by atoms with Gasteiger partial charge in [0.2, 0.25) is 5.91 Å². The van der Waals surface area contributed by atoms with Crippen molar-refractivity contribution in [2.75, 3.05) is 26.0 Å². The van der Waals surface area contributed by atoms with Crippen LogP contribution >= 0.6 is 11.3 Å². The van der Waals surface area contributed by atoms with Gasteiger partial charge in [0.15, 0.2) is 0 Å². The van der Waals surface area contributed by atoms with E-state index in [1.165, 1.54) is 11.3 Å². The van der Waals surface area contributed by atoms with Gasteiger partial charge in [-0.2, -0.15) is 0 Å². The highest BCUT2D eigenvalue weighted by Gasteiger charge is 2.09. The second-order valence-corrected chi connectivity index (χ2v) is 5.21. The number of carbonyl (C=O) groups excluding carboxylic acids is 1. The van der Waals surface area contributed by atoms with E-state index in [9.17, 15) is 4.79 Å². The first kappa shape index (κ1) is 14.5. The van der Waals surface area contributed by atoms with Crippen LogP contribution < -0.4 is 11.1 Å². The maximum atomic E-state index is 11.7. The Bertz CT molecular complexity index is 583. The van der Waals surface area contributed by atoms with Crippen LogP contribution in [0.3, 0.4) is 0 Å². The number of nitrogens with zero attached hydrogens (tertiary/aromatic N) is 1. The predicted octanol–water partition coefficient (Wildman–Crippen LogP) is 1.70. The standard InChI is InChI=1S/C14H17N3O2S/c1-19-6-5-16-13(18)8-14-17-12(9-20-14)10-3-2-4-11(15)7-10/h2-4,7,9H,5-6,8,15H2,1H3,(H,16,18). The molecule has 3 N–H and O–H groups in total. The monoisotopic (exact) mass is 291 g/mol. The zero-order valence-electron chi connectivity index (χ0n) is 11.3. The highest BCUT2D eigenvalue weighted by atomic mass is 32.1. The first-order valence-corrected chi connectivity index (χ1v) is 7.13. The van der Waals surface area contributed by atoms with Crippen LogP contribution in [-0.4, -0.2) is 31.2 Å². The molecule has 0 bridgehead atoms. The number of nitrogens with one attached hydrogen (secondary N) is 1. The van der Waals surface area contributed by atoms with Crippen molar-refractivity contribution in [3.63, 3.8) is 0 Å². The van der Waals surface area contributed by atoms with E-state index in [0.29, 0.717) is 18.8 Å². The van der Waals surface area contributed by atoms with E-state index in [1.807, 2.05) is 29.6 Å². The topological polar surface area (TPSA) is 77.2 Å². The number of thiazole rings is 1. The van der Waals surface area contributed by atoms with Gasteiger partial charge in [-0.1, -0.05) is 12.1 Å². The molecule has 2 rings (SSSR count). The molecule has 6 heteroatoms. The Morgan fingerprint density at radius 3 is 3.10 bits per heavy atom. The van der Waals surface area contributed by atoms with Crippen LogP contribution in [0.1, 0.15) is 5.01 Å². The quantitative estimate of drug-likeness (QED) is 0.627. The highest BCUT2D eigenvalue weighted by molar-refractivity contribution is 7.10. The summed E-state index contributed by atoms with van der Waals surface area (Å²) in [4.78, 5) is 16.1. The normalized spacial score (nSPS) is 10.4. The van der Waals surface area contributed by atoms with Gasteiger partial charge in [-0.15, -0.1) is 11.3 Å². The van der Waals surface area contributed by atoms with Crippen LogP contribution in [0.2, 0.25) is 0 Å². The molecule has 0 aliphatic heterocycles. The molecule has 0 radical (unpaired) electrons. The summed E-state index contributed by atoms with van der Waals surface area (Å²) >= 11 is 1.47. The van der Waals surface area contributed by atoms with Gasteiger partial charge in [-0.3, -0.25) is 4.79 Å². The molecule has 0 aliphatic carbocycles. The van der Waals surface area contributed by atoms with Crippen molar-refractivity contribution >= 4 is 22.9 Å². The Morgan fingerprint density at radius 1 is 1.50 bits per heavy atom. The molecule has 0 fully saturated rings. The molecule has 0 saturated heterocycles. The number of amides is 1. The summed E-state index contributed by atoms with van der Waals surface area (Å²) in [7, 11) is 1.60. The van der Waals surface area contributed by atoms with Crippen molar-refractivity contribution in [2.24, 2.45) is 0 Å². The van der Waals surface area contributed by atoms with Gasteiger partial charge < -0.3 is 15.8 Å². The van der Waals surface area contributed by atoms with E-state index in [2.05, 4.69) is 10.3 Å². The molecule has 0 atom stereocenters. The Balaban J connectivity index is 1.97. The van der Waals surface area contributed by atoms with E-state index in [0.717, 1.165) is 16.3 Å². The number of nitrogen functional groups attached to an aromatic ring is 1. The molecule has 0 saturated carbocycles. The molecule has 20 heavy (non-hydrogen) atoms. The second kappa shape index (κ2) is 7.02. The van der Waals surface area contributed by atoms with Crippen LogP contribution in [0.25, 0.3) is 11.3 Å². The summed E-state index contributed by atoms with van der Waals surface area (Å²) in [5.74, 6) is -0.0458. The Labute approximate surface area is 121 Å². The highest BCUT2D eigenvalue weighted by Crippen LogP contribution is 2.23. The van der Waals surface area contributed by atoms with Gasteiger partial charge in [-0.05, 0) is 12.1 Å². The fourth-order valence-electron chi connectivity index (χ4n) is 1.72. The van der Waals surface area contributed by atoms with Gasteiger partial charge >= 0.3 is 0 Å². The molecule has 0 aliphatic rings. The van der Waals surface area contributed by atoms with Crippen molar-refractivity contribution in [2.45, 2.75) is 6.42 Å². The third kappa shape index (κ3) is 4.04. The molecule has 0 unspecified atom stereocenters. The molecule has 0 spiro atoms. The number of carbonyl (C=O) groups is 1. The van der Waals surface area contributed by atoms with Gasteiger partial charge in [0.05, 0.1) is 18.7 Å². The van der Waals surface area contributed by atoms with Gasteiger partial charge in [0.25, 0.3) is 0 Å². The van der Waals surface area contributed by atoms with Gasteiger partial charge in [0, 0.05) is 30.3 Å². The average molecular weight is 291 g/mol. The molecule has 1 amide bonds. The van der Waals surface area contributed by atoms with E-state index < -0.39 is 0 Å². The van der Waals surface area contributed by atoms with E-state index in [1.54, 1.807) is 7.11 Å². The van der Waals surface area contributed by atoms with Crippen molar-refractivity contribution in [3.8, 4) is 11.3 Å². The average Bonchev–Trinajstić information content (AvgIpc) is 2.87. The molecular formula is C14H17N3O2S. The number of benzene rings is 1. The van der Waals surface area contributed by atoms with E-state index in [4.69, 9.17) is 10.5 Å². The van der Waals surface area contributed by atoms with Crippen LogP contribution in [0.5, 0.6) is 0 Å². The van der Waals surface area contributed by atoms with Crippen LogP contribution in [0, 0.1) is 0 Å². The van der Waals surface area contributed by atoms with Gasteiger partial charge in [0.1, 0.15) is 5.01 Å². The maximum Gasteiger partial charge on any atom is 0.226 e. The van der Waals surface area contributed by atoms with Crippen LogP contribution in [-0.2, 0) is 16.0 Å². The second-order valence-electron chi connectivity index (χ2n) is 4.27. The smallest absolute Gasteiger partial charge is 0.226 e. The Morgan fingerprint density at radius 2 is 2.35 bits per heavy atom. The van der Waals surface area contributed by atoms with Crippen molar-refractivity contribution in [3.05, 3.63) is 34.7 Å². The summed E-state index contributed by atoms with van der Waals surface area (Å²) in [6.45, 7) is 1.03. The molecule has 1 aromatic carbocycles. The molecule has 2 aromatic rings. The Hall–Kier alpha value is -1.92. The zero-order chi connectivity index (χ0) is 14.4. The number of rotatable bonds is 6. The number of aromatic nitrogens is 1. The van der Waals surface area contributed by atoms with Crippen LogP contribution in [0.15, 0.2) is 29.6 Å². The molecular weight excluding hydrogens is 274 g/mol. The zero-order valence-corrected chi connectivity index (χ0v) is 12.1. The minimum absolute atomic E-state index is 0.0458. The summed E-state index contributed by atoms with van der Waals surface area (Å²) in [5, 5.41) is 5.50.